The lowest BCUT2D eigenvalue weighted by Gasteiger charge is -2.13. The molecule has 0 unspecified atom stereocenters. The van der Waals surface area contributed by atoms with Crippen molar-refractivity contribution in [2.75, 3.05) is 19.0 Å². The Balaban J connectivity index is 2.97. The summed E-state index contributed by atoms with van der Waals surface area (Å²) < 4.78 is 5.12. The lowest BCUT2D eigenvalue weighted by molar-refractivity contribution is 0.0697. The molecule has 0 aliphatic rings. The van der Waals surface area contributed by atoms with Crippen LogP contribution in [-0.2, 0) is 0 Å². The van der Waals surface area contributed by atoms with Gasteiger partial charge in [-0.2, -0.15) is 0 Å². The van der Waals surface area contributed by atoms with Gasteiger partial charge in [0.1, 0.15) is 5.75 Å². The highest BCUT2D eigenvalue weighted by molar-refractivity contribution is 7.80. The molecule has 1 aromatic rings. The minimum atomic E-state index is -0.995. The number of thiocarbonyl (C=S) groups is 1. The van der Waals surface area contributed by atoms with Crippen molar-refractivity contribution in [1.82, 2.24) is 5.32 Å². The number of methoxy groups -OCH3 is 1. The quantitative estimate of drug-likeness (QED) is 0.710. The van der Waals surface area contributed by atoms with Crippen LogP contribution < -0.4 is 15.4 Å². The summed E-state index contributed by atoms with van der Waals surface area (Å²) in [5.41, 5.74) is 0.700. The molecule has 92 valence electrons. The number of nitrogens with one attached hydrogen (secondary N) is 2. The Hall–Kier alpha value is -1.82. The SMILES string of the molecule is CCNC(=S)Nc1cc(C(=O)O)ccc1OC. The predicted octanol–water partition coefficient (Wildman–Crippen LogP) is 1.70. The normalized spacial score (nSPS) is 9.53. The molecule has 6 heteroatoms. The van der Waals surface area contributed by atoms with E-state index in [2.05, 4.69) is 10.6 Å². The molecule has 0 radical (unpaired) electrons. The van der Waals surface area contributed by atoms with E-state index < -0.39 is 5.97 Å². The van der Waals surface area contributed by atoms with Crippen molar-refractivity contribution in [2.24, 2.45) is 0 Å². The molecule has 0 bridgehead atoms. The predicted molar refractivity (Wildman–Crippen MR) is 69.9 cm³/mol. The molecular weight excluding hydrogens is 240 g/mol. The Bertz CT molecular complexity index is 435. The first kappa shape index (κ1) is 13.2. The minimum absolute atomic E-state index is 0.174. The van der Waals surface area contributed by atoms with Gasteiger partial charge in [0.2, 0.25) is 0 Å². The minimum Gasteiger partial charge on any atom is -0.495 e. The molecule has 0 fully saturated rings. The molecular formula is C11H14N2O3S. The van der Waals surface area contributed by atoms with E-state index in [1.165, 1.54) is 19.2 Å². The fourth-order valence-electron chi connectivity index (χ4n) is 1.27. The summed E-state index contributed by atoms with van der Waals surface area (Å²) in [5.74, 6) is -0.458. The molecule has 1 rings (SSSR count). The van der Waals surface area contributed by atoms with Gasteiger partial charge in [-0.05, 0) is 37.3 Å². The Morgan fingerprint density at radius 2 is 2.24 bits per heavy atom. The summed E-state index contributed by atoms with van der Waals surface area (Å²) in [4.78, 5) is 10.8. The Morgan fingerprint density at radius 3 is 2.76 bits per heavy atom. The number of carboxylic acid groups (broad SMARTS) is 1. The maximum Gasteiger partial charge on any atom is 0.335 e. The van der Waals surface area contributed by atoms with Crippen LogP contribution in [0.15, 0.2) is 18.2 Å². The van der Waals surface area contributed by atoms with E-state index in [0.717, 1.165) is 0 Å². The van der Waals surface area contributed by atoms with Crippen LogP contribution in [0.25, 0.3) is 0 Å². The molecule has 1 aromatic carbocycles. The van der Waals surface area contributed by atoms with Gasteiger partial charge in [-0.25, -0.2) is 4.79 Å². The summed E-state index contributed by atoms with van der Waals surface area (Å²) in [6.45, 7) is 2.60. The third-order valence-corrected chi connectivity index (χ3v) is 2.28. The van der Waals surface area contributed by atoms with Gasteiger partial charge in [-0.1, -0.05) is 0 Å². The maximum atomic E-state index is 10.8. The van der Waals surface area contributed by atoms with Crippen molar-refractivity contribution in [3.63, 3.8) is 0 Å². The van der Waals surface area contributed by atoms with Gasteiger partial charge < -0.3 is 20.5 Å². The molecule has 0 spiro atoms. The van der Waals surface area contributed by atoms with Crippen molar-refractivity contribution < 1.29 is 14.6 Å². The van der Waals surface area contributed by atoms with E-state index in [-0.39, 0.29) is 5.56 Å². The first-order valence-corrected chi connectivity index (χ1v) is 5.45. The molecule has 3 N–H and O–H groups in total. The summed E-state index contributed by atoms with van der Waals surface area (Å²) in [5, 5.41) is 15.1. The number of hydrogen-bond donors (Lipinski definition) is 3. The molecule has 17 heavy (non-hydrogen) atoms. The molecule has 0 saturated carbocycles. The summed E-state index contributed by atoms with van der Waals surface area (Å²) in [7, 11) is 1.51. The number of aromatic carboxylic acids is 1. The van der Waals surface area contributed by atoms with Crippen molar-refractivity contribution in [3.8, 4) is 5.75 Å². The van der Waals surface area contributed by atoms with Gasteiger partial charge in [0.05, 0.1) is 18.4 Å². The number of anilines is 1. The third-order valence-electron chi connectivity index (χ3n) is 2.03. The lowest BCUT2D eigenvalue weighted by Crippen LogP contribution is -2.28. The fourth-order valence-corrected chi connectivity index (χ4v) is 1.52. The lowest BCUT2D eigenvalue weighted by atomic mass is 10.2. The van der Waals surface area contributed by atoms with Crippen LogP contribution in [0.5, 0.6) is 5.75 Å². The summed E-state index contributed by atoms with van der Waals surface area (Å²) in [6.07, 6.45) is 0. The molecule has 0 aliphatic carbocycles. The van der Waals surface area contributed by atoms with Crippen LogP contribution in [0.2, 0.25) is 0 Å². The first-order chi connectivity index (χ1) is 8.08. The summed E-state index contributed by atoms with van der Waals surface area (Å²) >= 11 is 5.03. The van der Waals surface area contributed by atoms with E-state index in [1.54, 1.807) is 6.07 Å². The van der Waals surface area contributed by atoms with E-state index in [1.807, 2.05) is 6.92 Å². The van der Waals surface area contributed by atoms with Crippen LogP contribution in [0.3, 0.4) is 0 Å². The molecule has 0 aromatic heterocycles. The first-order valence-electron chi connectivity index (χ1n) is 5.04. The van der Waals surface area contributed by atoms with Gasteiger partial charge in [0.25, 0.3) is 0 Å². The number of carboxylic acids is 1. The van der Waals surface area contributed by atoms with Crippen molar-refractivity contribution in [3.05, 3.63) is 23.8 Å². The standard InChI is InChI=1S/C11H14N2O3S/c1-3-12-11(17)13-8-6-7(10(14)15)4-5-9(8)16-2/h4-6H,3H2,1-2H3,(H,14,15)(H2,12,13,17). The average Bonchev–Trinajstić information content (AvgIpc) is 2.29. The topological polar surface area (TPSA) is 70.6 Å². The van der Waals surface area contributed by atoms with E-state index >= 15 is 0 Å². The third kappa shape index (κ3) is 3.60. The molecule has 0 amide bonds. The number of hydrogen-bond acceptors (Lipinski definition) is 3. The van der Waals surface area contributed by atoms with Crippen molar-refractivity contribution in [2.45, 2.75) is 6.92 Å². The van der Waals surface area contributed by atoms with Crippen LogP contribution >= 0.6 is 12.2 Å². The molecule has 5 nitrogen and oxygen atoms in total. The molecule has 0 atom stereocenters. The van der Waals surface area contributed by atoms with E-state index in [9.17, 15) is 4.79 Å². The van der Waals surface area contributed by atoms with Crippen LogP contribution in [0, 0.1) is 0 Å². The Labute approximate surface area is 105 Å². The van der Waals surface area contributed by atoms with Crippen LogP contribution in [0.4, 0.5) is 5.69 Å². The highest BCUT2D eigenvalue weighted by atomic mass is 32.1. The maximum absolute atomic E-state index is 10.8. The average molecular weight is 254 g/mol. The van der Waals surface area contributed by atoms with Crippen molar-refractivity contribution >= 4 is 29.0 Å². The second-order valence-electron chi connectivity index (χ2n) is 3.20. The molecule has 0 saturated heterocycles. The molecule has 0 aliphatic heterocycles. The number of carbonyl (C=O) groups is 1. The van der Waals surface area contributed by atoms with Gasteiger partial charge >= 0.3 is 5.97 Å². The van der Waals surface area contributed by atoms with Gasteiger partial charge in [0, 0.05) is 6.54 Å². The van der Waals surface area contributed by atoms with Gasteiger partial charge in [-0.3, -0.25) is 0 Å². The highest BCUT2D eigenvalue weighted by Crippen LogP contribution is 2.25. The van der Waals surface area contributed by atoms with Crippen molar-refractivity contribution in [1.29, 1.82) is 0 Å². The van der Waals surface area contributed by atoms with Crippen LogP contribution in [0.1, 0.15) is 17.3 Å². The zero-order chi connectivity index (χ0) is 12.8. The molecule has 0 heterocycles. The van der Waals surface area contributed by atoms with Crippen LogP contribution in [-0.4, -0.2) is 29.8 Å². The second kappa shape index (κ2) is 6.05. The number of benzene rings is 1. The monoisotopic (exact) mass is 254 g/mol. The van der Waals surface area contributed by atoms with Gasteiger partial charge in [-0.15, -0.1) is 0 Å². The van der Waals surface area contributed by atoms with E-state index in [4.69, 9.17) is 22.1 Å². The van der Waals surface area contributed by atoms with E-state index in [0.29, 0.717) is 23.1 Å². The summed E-state index contributed by atoms with van der Waals surface area (Å²) in [6, 6.07) is 4.54. The van der Waals surface area contributed by atoms with Gasteiger partial charge in [0.15, 0.2) is 5.11 Å². The number of ether oxygens (including phenoxy) is 1. The zero-order valence-electron chi connectivity index (χ0n) is 9.61. The number of rotatable bonds is 4. The Morgan fingerprint density at radius 1 is 1.53 bits per heavy atom. The largest absolute Gasteiger partial charge is 0.495 e. The second-order valence-corrected chi connectivity index (χ2v) is 3.61. The Kier molecular flexibility index (Phi) is 4.71. The smallest absolute Gasteiger partial charge is 0.335 e. The fraction of sp³-hybridized carbons (Fsp3) is 0.273. The zero-order valence-corrected chi connectivity index (χ0v) is 10.4. The highest BCUT2D eigenvalue weighted by Gasteiger charge is 2.09.